The molecule has 1 aromatic rings. The second-order valence-electron chi connectivity index (χ2n) is 5.69. The van der Waals surface area contributed by atoms with Gasteiger partial charge in [-0.3, -0.25) is 9.59 Å². The van der Waals surface area contributed by atoms with Crippen molar-refractivity contribution in [2.45, 2.75) is 32.3 Å². The van der Waals surface area contributed by atoms with Crippen LogP contribution in [-0.2, 0) is 11.2 Å². The highest BCUT2D eigenvalue weighted by Gasteiger charge is 2.47. The van der Waals surface area contributed by atoms with E-state index in [1.165, 1.54) is 6.92 Å². The number of aryl methyl sites for hydroxylation is 1. The van der Waals surface area contributed by atoms with E-state index in [-0.39, 0.29) is 17.1 Å². The van der Waals surface area contributed by atoms with Crippen LogP contribution in [0.5, 0.6) is 0 Å². The highest BCUT2D eigenvalue weighted by Crippen LogP contribution is 2.48. The molecule has 1 saturated heterocycles. The van der Waals surface area contributed by atoms with E-state index in [1.807, 2.05) is 12.1 Å². The van der Waals surface area contributed by atoms with Gasteiger partial charge in [-0.25, -0.2) is 0 Å². The number of aliphatic hydroxyl groups is 1. The van der Waals surface area contributed by atoms with Crippen LogP contribution in [0.3, 0.4) is 0 Å². The first-order valence-electron chi connectivity index (χ1n) is 6.60. The lowest BCUT2D eigenvalue weighted by atomic mass is 9.68. The van der Waals surface area contributed by atoms with Crippen LogP contribution in [0.2, 0.25) is 0 Å². The highest BCUT2D eigenvalue weighted by atomic mass is 16.3. The monoisotopic (exact) mass is 259 g/mol. The van der Waals surface area contributed by atoms with Gasteiger partial charge in [0.2, 0.25) is 5.91 Å². The van der Waals surface area contributed by atoms with Crippen molar-refractivity contribution in [3.63, 3.8) is 0 Å². The van der Waals surface area contributed by atoms with Crippen molar-refractivity contribution in [3.05, 3.63) is 34.9 Å². The summed E-state index contributed by atoms with van der Waals surface area (Å²) in [5, 5.41) is 13.4. The van der Waals surface area contributed by atoms with Gasteiger partial charge in [0.15, 0.2) is 5.78 Å². The van der Waals surface area contributed by atoms with E-state index in [1.54, 1.807) is 6.07 Å². The topological polar surface area (TPSA) is 66.4 Å². The molecule has 0 bridgehead atoms. The first-order chi connectivity index (χ1) is 9.02. The van der Waals surface area contributed by atoms with Gasteiger partial charge >= 0.3 is 0 Å². The third kappa shape index (κ3) is 1.87. The molecule has 2 aliphatic rings. The second-order valence-corrected chi connectivity index (χ2v) is 5.69. The minimum Gasteiger partial charge on any atom is -0.388 e. The van der Waals surface area contributed by atoms with Crippen molar-refractivity contribution in [2.24, 2.45) is 5.41 Å². The molecule has 1 heterocycles. The summed E-state index contributed by atoms with van der Waals surface area (Å²) in [7, 11) is 0. The molecule has 2 N–H and O–H groups in total. The predicted molar refractivity (Wildman–Crippen MR) is 69.8 cm³/mol. The maximum atomic E-state index is 11.5. The molecule has 3 rings (SSSR count). The van der Waals surface area contributed by atoms with Crippen molar-refractivity contribution in [2.75, 3.05) is 6.54 Å². The zero-order chi connectivity index (χ0) is 13.6. The smallest absolute Gasteiger partial charge is 0.220 e. The van der Waals surface area contributed by atoms with Gasteiger partial charge in [0.25, 0.3) is 0 Å². The van der Waals surface area contributed by atoms with Crippen LogP contribution in [0.25, 0.3) is 0 Å². The normalized spacial score (nSPS) is 29.2. The maximum Gasteiger partial charge on any atom is 0.220 e. The summed E-state index contributed by atoms with van der Waals surface area (Å²) in [6.45, 7) is 2.05. The van der Waals surface area contributed by atoms with Crippen molar-refractivity contribution >= 4 is 11.7 Å². The Morgan fingerprint density at radius 3 is 2.89 bits per heavy atom. The Bertz CT molecular complexity index is 567. The average molecular weight is 259 g/mol. The molecule has 19 heavy (non-hydrogen) atoms. The Morgan fingerprint density at radius 2 is 2.26 bits per heavy atom. The number of amides is 1. The highest BCUT2D eigenvalue weighted by molar-refractivity contribution is 5.94. The van der Waals surface area contributed by atoms with Gasteiger partial charge in [-0.15, -0.1) is 0 Å². The molecule has 1 aliphatic carbocycles. The number of carbonyl (C=O) groups excluding carboxylic acids is 2. The SMILES string of the molecule is CC(=O)c1ccc2c(c1)C(O)C1(CC2)CNC(=O)C1. The van der Waals surface area contributed by atoms with Crippen molar-refractivity contribution in [1.82, 2.24) is 5.32 Å². The zero-order valence-electron chi connectivity index (χ0n) is 10.9. The Kier molecular flexibility index (Phi) is 2.71. The molecule has 1 aliphatic heterocycles. The standard InChI is InChI=1S/C15H17NO3/c1-9(17)11-3-2-10-4-5-15(7-13(18)16-8-15)14(19)12(10)6-11/h2-3,6,14,19H,4-5,7-8H2,1H3,(H,16,18). The molecule has 1 spiro atoms. The lowest BCUT2D eigenvalue weighted by Gasteiger charge is -2.38. The van der Waals surface area contributed by atoms with Crippen LogP contribution in [0.15, 0.2) is 18.2 Å². The molecule has 1 fully saturated rings. The molecule has 0 radical (unpaired) electrons. The Morgan fingerprint density at radius 1 is 1.47 bits per heavy atom. The van der Waals surface area contributed by atoms with Crippen LogP contribution < -0.4 is 5.32 Å². The number of fused-ring (bicyclic) bond motifs is 1. The van der Waals surface area contributed by atoms with Gasteiger partial charge in [0.05, 0.1) is 6.10 Å². The van der Waals surface area contributed by atoms with E-state index in [4.69, 9.17) is 0 Å². The van der Waals surface area contributed by atoms with Crippen LogP contribution in [0, 0.1) is 5.41 Å². The summed E-state index contributed by atoms with van der Waals surface area (Å²) in [6.07, 6.45) is 1.35. The fourth-order valence-corrected chi connectivity index (χ4v) is 3.24. The minimum atomic E-state index is -0.672. The summed E-state index contributed by atoms with van der Waals surface area (Å²) in [5.41, 5.74) is 2.13. The number of benzene rings is 1. The minimum absolute atomic E-state index is 0.00440. The molecule has 4 heteroatoms. The van der Waals surface area contributed by atoms with Gasteiger partial charge < -0.3 is 10.4 Å². The molecule has 100 valence electrons. The van der Waals surface area contributed by atoms with Gasteiger partial charge in [-0.2, -0.15) is 0 Å². The quantitative estimate of drug-likeness (QED) is 0.749. The number of ketones is 1. The molecule has 0 aromatic heterocycles. The first kappa shape index (κ1) is 12.4. The van der Waals surface area contributed by atoms with E-state index >= 15 is 0 Å². The number of hydrogen-bond acceptors (Lipinski definition) is 3. The van der Waals surface area contributed by atoms with Crippen LogP contribution >= 0.6 is 0 Å². The second kappa shape index (κ2) is 4.17. The fourth-order valence-electron chi connectivity index (χ4n) is 3.24. The van der Waals surface area contributed by atoms with Gasteiger partial charge in [-0.1, -0.05) is 12.1 Å². The number of rotatable bonds is 1. The molecule has 1 amide bonds. The molecular formula is C15H17NO3. The molecule has 2 atom stereocenters. The summed E-state index contributed by atoms with van der Waals surface area (Å²) in [5.74, 6) is 0.000435. The van der Waals surface area contributed by atoms with E-state index in [2.05, 4.69) is 5.32 Å². The number of Topliss-reactive ketones (excluding diaryl/α,β-unsaturated/α-hetero) is 1. The number of hydrogen-bond donors (Lipinski definition) is 2. The number of nitrogens with one attached hydrogen (secondary N) is 1. The van der Waals surface area contributed by atoms with Gasteiger partial charge in [0, 0.05) is 23.9 Å². The number of aliphatic hydroxyl groups excluding tert-OH is 1. The van der Waals surface area contributed by atoms with Crippen molar-refractivity contribution in [3.8, 4) is 0 Å². The third-order valence-electron chi connectivity index (χ3n) is 4.47. The maximum absolute atomic E-state index is 11.5. The van der Waals surface area contributed by atoms with E-state index in [0.29, 0.717) is 18.5 Å². The number of carbonyl (C=O) groups is 2. The van der Waals surface area contributed by atoms with E-state index in [0.717, 1.165) is 24.0 Å². The molecule has 0 saturated carbocycles. The van der Waals surface area contributed by atoms with Gasteiger partial charge in [0.1, 0.15) is 0 Å². The lowest BCUT2D eigenvalue weighted by molar-refractivity contribution is -0.120. The first-order valence-corrected chi connectivity index (χ1v) is 6.60. The Labute approximate surface area is 111 Å². The van der Waals surface area contributed by atoms with E-state index in [9.17, 15) is 14.7 Å². The summed E-state index contributed by atoms with van der Waals surface area (Å²) in [6, 6.07) is 5.52. The largest absolute Gasteiger partial charge is 0.388 e. The predicted octanol–water partition coefficient (Wildman–Crippen LogP) is 1.38. The van der Waals surface area contributed by atoms with Crippen LogP contribution in [0.4, 0.5) is 0 Å². The Hall–Kier alpha value is -1.68. The van der Waals surface area contributed by atoms with Crippen molar-refractivity contribution in [1.29, 1.82) is 0 Å². The van der Waals surface area contributed by atoms with Crippen molar-refractivity contribution < 1.29 is 14.7 Å². The molecule has 1 aromatic carbocycles. The fraction of sp³-hybridized carbons (Fsp3) is 0.467. The van der Waals surface area contributed by atoms with Gasteiger partial charge in [-0.05, 0) is 37.0 Å². The summed E-state index contributed by atoms with van der Waals surface area (Å²) in [4.78, 5) is 22.9. The molecular weight excluding hydrogens is 242 g/mol. The lowest BCUT2D eigenvalue weighted by Crippen LogP contribution is -2.35. The summed E-state index contributed by atoms with van der Waals surface area (Å²) >= 11 is 0. The molecule has 4 nitrogen and oxygen atoms in total. The Balaban J connectivity index is 2.02. The average Bonchev–Trinajstić information content (AvgIpc) is 2.77. The third-order valence-corrected chi connectivity index (χ3v) is 4.47. The van der Waals surface area contributed by atoms with E-state index < -0.39 is 6.10 Å². The van der Waals surface area contributed by atoms with Crippen LogP contribution in [0.1, 0.15) is 47.4 Å². The summed E-state index contributed by atoms with van der Waals surface area (Å²) < 4.78 is 0. The molecule has 2 unspecified atom stereocenters. The van der Waals surface area contributed by atoms with Crippen LogP contribution in [-0.4, -0.2) is 23.3 Å². The zero-order valence-corrected chi connectivity index (χ0v) is 10.9.